The number of benzene rings is 1. The highest BCUT2D eigenvalue weighted by Crippen LogP contribution is 2.22. The Balaban J connectivity index is 1.39. The maximum atomic E-state index is 13.2. The Bertz CT molecular complexity index is 921. The van der Waals surface area contributed by atoms with Crippen molar-refractivity contribution in [1.29, 1.82) is 0 Å². The summed E-state index contributed by atoms with van der Waals surface area (Å²) in [4.78, 5) is 32.1. The summed E-state index contributed by atoms with van der Waals surface area (Å²) in [7, 11) is 1.92. The molecule has 4 rings (SSSR count). The van der Waals surface area contributed by atoms with Gasteiger partial charge in [0.1, 0.15) is 6.04 Å². The number of rotatable bonds is 6. The standard InChI is InChI=1S/C23H31N5O3/c1-3-18-14-20(31-25-18)15-24-22(29)21-16-28(12-11-26(21)2)23(30)17-7-6-8-19(13-17)27-9-4-5-10-27/h6-8,13-14,21H,3-5,9-12,15-16H2,1-2H3,(H,24,29)/t21-/m0/s1. The van der Waals surface area contributed by atoms with Gasteiger partial charge >= 0.3 is 0 Å². The monoisotopic (exact) mass is 425 g/mol. The molecule has 166 valence electrons. The molecule has 31 heavy (non-hydrogen) atoms. The third-order valence-electron chi connectivity index (χ3n) is 6.21. The first-order valence-corrected chi connectivity index (χ1v) is 11.1. The molecule has 0 saturated carbocycles. The van der Waals surface area contributed by atoms with E-state index in [2.05, 4.69) is 21.4 Å². The molecule has 0 unspecified atom stereocenters. The minimum absolute atomic E-state index is 0.0187. The Labute approximate surface area is 183 Å². The lowest BCUT2D eigenvalue weighted by molar-refractivity contribution is -0.127. The first kappa shape index (κ1) is 21.4. The molecular formula is C23H31N5O3. The van der Waals surface area contributed by atoms with E-state index in [0.717, 1.165) is 30.9 Å². The Kier molecular flexibility index (Phi) is 6.56. The molecule has 1 atom stereocenters. The second-order valence-electron chi connectivity index (χ2n) is 8.35. The summed E-state index contributed by atoms with van der Waals surface area (Å²) in [5, 5.41) is 6.87. The van der Waals surface area contributed by atoms with Crippen molar-refractivity contribution in [3.63, 3.8) is 0 Å². The first-order chi connectivity index (χ1) is 15.0. The maximum absolute atomic E-state index is 13.2. The van der Waals surface area contributed by atoms with Crippen LogP contribution >= 0.6 is 0 Å². The van der Waals surface area contributed by atoms with E-state index in [9.17, 15) is 9.59 Å². The van der Waals surface area contributed by atoms with E-state index in [-0.39, 0.29) is 11.8 Å². The van der Waals surface area contributed by atoms with Crippen molar-refractivity contribution in [3.8, 4) is 0 Å². The van der Waals surface area contributed by atoms with Crippen LogP contribution in [0.25, 0.3) is 0 Å². The third kappa shape index (κ3) is 4.90. The number of anilines is 1. The molecule has 0 aliphatic carbocycles. The van der Waals surface area contributed by atoms with Gasteiger partial charge in [0, 0.05) is 50.0 Å². The molecule has 2 aromatic rings. The topological polar surface area (TPSA) is 81.9 Å². The van der Waals surface area contributed by atoms with Gasteiger partial charge in [-0.05, 0) is 44.5 Å². The second kappa shape index (κ2) is 9.51. The highest BCUT2D eigenvalue weighted by Gasteiger charge is 2.32. The first-order valence-electron chi connectivity index (χ1n) is 11.1. The van der Waals surface area contributed by atoms with E-state index < -0.39 is 6.04 Å². The zero-order valence-corrected chi connectivity index (χ0v) is 18.3. The molecule has 0 spiro atoms. The second-order valence-corrected chi connectivity index (χ2v) is 8.35. The van der Waals surface area contributed by atoms with Gasteiger partial charge in [-0.15, -0.1) is 0 Å². The van der Waals surface area contributed by atoms with E-state index in [0.29, 0.717) is 37.5 Å². The largest absolute Gasteiger partial charge is 0.372 e. The molecule has 8 heteroatoms. The van der Waals surface area contributed by atoms with Gasteiger partial charge < -0.3 is 19.6 Å². The fourth-order valence-corrected chi connectivity index (χ4v) is 4.23. The molecule has 2 aliphatic heterocycles. The van der Waals surface area contributed by atoms with E-state index >= 15 is 0 Å². The van der Waals surface area contributed by atoms with Crippen LogP contribution < -0.4 is 10.2 Å². The zero-order chi connectivity index (χ0) is 21.8. The Morgan fingerprint density at radius 3 is 2.71 bits per heavy atom. The number of hydrogen-bond acceptors (Lipinski definition) is 6. The predicted octanol–water partition coefficient (Wildman–Crippen LogP) is 1.91. The molecule has 3 heterocycles. The number of hydrogen-bond donors (Lipinski definition) is 1. The van der Waals surface area contributed by atoms with Crippen molar-refractivity contribution >= 4 is 17.5 Å². The smallest absolute Gasteiger partial charge is 0.254 e. The van der Waals surface area contributed by atoms with Crippen molar-refractivity contribution in [1.82, 2.24) is 20.3 Å². The summed E-state index contributed by atoms with van der Waals surface area (Å²) in [5.41, 5.74) is 2.65. The minimum atomic E-state index is -0.395. The number of nitrogens with zero attached hydrogens (tertiary/aromatic N) is 4. The van der Waals surface area contributed by atoms with Crippen LogP contribution in [0.4, 0.5) is 5.69 Å². The number of likely N-dealkylation sites (N-methyl/N-ethyl adjacent to an activating group) is 1. The molecule has 2 amide bonds. The lowest BCUT2D eigenvalue weighted by Crippen LogP contribution is -2.58. The van der Waals surface area contributed by atoms with Gasteiger partial charge in [0.25, 0.3) is 5.91 Å². The molecule has 8 nitrogen and oxygen atoms in total. The molecular weight excluding hydrogens is 394 g/mol. The van der Waals surface area contributed by atoms with E-state index in [1.807, 2.05) is 43.1 Å². The predicted molar refractivity (Wildman–Crippen MR) is 118 cm³/mol. The van der Waals surface area contributed by atoms with E-state index in [4.69, 9.17) is 4.52 Å². The third-order valence-corrected chi connectivity index (χ3v) is 6.21. The molecule has 0 radical (unpaired) electrons. The van der Waals surface area contributed by atoms with Gasteiger partial charge in [0.05, 0.1) is 12.2 Å². The Hall–Kier alpha value is -2.87. The minimum Gasteiger partial charge on any atom is -0.372 e. The highest BCUT2D eigenvalue weighted by molar-refractivity contribution is 5.96. The summed E-state index contributed by atoms with van der Waals surface area (Å²) in [6.45, 7) is 6.00. The van der Waals surface area contributed by atoms with Crippen LogP contribution in [0.5, 0.6) is 0 Å². The van der Waals surface area contributed by atoms with Crippen molar-refractivity contribution in [2.45, 2.75) is 38.8 Å². The van der Waals surface area contributed by atoms with Crippen molar-refractivity contribution in [2.24, 2.45) is 0 Å². The van der Waals surface area contributed by atoms with Gasteiger partial charge in [-0.25, -0.2) is 0 Å². The van der Waals surface area contributed by atoms with Crippen LogP contribution in [-0.4, -0.2) is 72.6 Å². The Morgan fingerprint density at radius 1 is 1.16 bits per heavy atom. The van der Waals surface area contributed by atoms with Gasteiger partial charge in [0.15, 0.2) is 5.76 Å². The normalized spacial score (nSPS) is 19.6. The van der Waals surface area contributed by atoms with Crippen LogP contribution in [-0.2, 0) is 17.8 Å². The fourth-order valence-electron chi connectivity index (χ4n) is 4.23. The quantitative estimate of drug-likeness (QED) is 0.761. The molecule has 2 saturated heterocycles. The van der Waals surface area contributed by atoms with Crippen LogP contribution in [0, 0.1) is 0 Å². The van der Waals surface area contributed by atoms with Gasteiger partial charge in [-0.1, -0.05) is 18.1 Å². The number of aryl methyl sites for hydroxylation is 1. The number of carbonyl (C=O) groups is 2. The highest BCUT2D eigenvalue weighted by atomic mass is 16.5. The number of aromatic nitrogens is 1. The molecule has 1 N–H and O–H groups in total. The van der Waals surface area contributed by atoms with Crippen LogP contribution in [0.2, 0.25) is 0 Å². The van der Waals surface area contributed by atoms with Crippen molar-refractivity contribution < 1.29 is 14.1 Å². The Morgan fingerprint density at radius 2 is 1.97 bits per heavy atom. The summed E-state index contributed by atoms with van der Waals surface area (Å²) in [6.07, 6.45) is 3.18. The van der Waals surface area contributed by atoms with E-state index in [1.165, 1.54) is 12.8 Å². The molecule has 1 aromatic carbocycles. The summed E-state index contributed by atoms with van der Waals surface area (Å²) in [5.74, 6) is 0.505. The zero-order valence-electron chi connectivity index (χ0n) is 18.3. The van der Waals surface area contributed by atoms with Gasteiger partial charge in [-0.2, -0.15) is 0 Å². The molecule has 1 aromatic heterocycles. The van der Waals surface area contributed by atoms with Crippen LogP contribution in [0.1, 0.15) is 41.6 Å². The lowest BCUT2D eigenvalue weighted by atomic mass is 10.1. The summed E-state index contributed by atoms with van der Waals surface area (Å²) in [6, 6.07) is 9.32. The SMILES string of the molecule is CCc1cc(CNC(=O)[C@@H]2CN(C(=O)c3cccc(N4CCCC4)c3)CCN2C)on1. The van der Waals surface area contributed by atoms with E-state index in [1.54, 1.807) is 4.90 Å². The number of nitrogens with one attached hydrogen (secondary N) is 1. The molecule has 0 bridgehead atoms. The molecule has 2 aliphatic rings. The number of piperazine rings is 1. The lowest BCUT2D eigenvalue weighted by Gasteiger charge is -2.38. The van der Waals surface area contributed by atoms with Crippen LogP contribution in [0.15, 0.2) is 34.9 Å². The average Bonchev–Trinajstić information content (AvgIpc) is 3.49. The maximum Gasteiger partial charge on any atom is 0.254 e. The summed E-state index contributed by atoms with van der Waals surface area (Å²) < 4.78 is 5.24. The van der Waals surface area contributed by atoms with Gasteiger partial charge in [-0.3, -0.25) is 14.5 Å². The number of amides is 2. The number of carbonyl (C=O) groups excluding carboxylic acids is 2. The van der Waals surface area contributed by atoms with Gasteiger partial charge in [0.2, 0.25) is 5.91 Å². The van der Waals surface area contributed by atoms with Crippen molar-refractivity contribution in [2.75, 3.05) is 44.7 Å². The fraction of sp³-hybridized carbons (Fsp3) is 0.522. The summed E-state index contributed by atoms with van der Waals surface area (Å²) >= 11 is 0. The average molecular weight is 426 g/mol. The van der Waals surface area contributed by atoms with Crippen molar-refractivity contribution in [3.05, 3.63) is 47.3 Å². The molecule has 2 fully saturated rings. The van der Waals surface area contributed by atoms with Crippen LogP contribution in [0.3, 0.4) is 0 Å².